The Bertz CT molecular complexity index is 620. The van der Waals surface area contributed by atoms with E-state index in [1.54, 1.807) is 18.2 Å². The lowest BCUT2D eigenvalue weighted by atomic mass is 10.1. The normalized spacial score (nSPS) is 10.8. The molecule has 0 radical (unpaired) electrons. The predicted molar refractivity (Wildman–Crippen MR) is 81.9 cm³/mol. The molecular formula is C12H4Cl6. The van der Waals surface area contributed by atoms with Gasteiger partial charge in [0.15, 0.2) is 0 Å². The lowest BCUT2D eigenvalue weighted by Gasteiger charge is -2.12. The third-order valence-corrected chi connectivity index (χ3v) is 4.71. The molecule has 0 unspecified atom stereocenters. The van der Waals surface area contributed by atoms with Crippen LogP contribution in [0.2, 0.25) is 30.1 Å². The van der Waals surface area contributed by atoms with Crippen molar-refractivity contribution < 1.29 is 0 Å². The largest absolute Gasteiger partial charge is 0.0835 e. The number of hydrogen-bond acceptors (Lipinski definition) is 0. The zero-order valence-electron chi connectivity index (χ0n) is 8.58. The monoisotopic (exact) mass is 358 g/mol. The summed E-state index contributed by atoms with van der Waals surface area (Å²) in [6.45, 7) is 0. The van der Waals surface area contributed by atoms with Gasteiger partial charge in [-0.15, -0.1) is 0 Å². The van der Waals surface area contributed by atoms with Gasteiger partial charge in [0.25, 0.3) is 0 Å². The maximum atomic E-state index is 6.16. The number of benzene rings is 2. The average Bonchev–Trinajstić information content (AvgIpc) is 2.32. The molecule has 2 aromatic carbocycles. The Hall–Kier alpha value is 0.180. The Labute approximate surface area is 134 Å². The van der Waals surface area contributed by atoms with Crippen molar-refractivity contribution in [2.45, 2.75) is 0 Å². The SMILES string of the molecule is Clc1cccc(-c2c(Cl)cc(Cl)c(Cl)c2Cl)c1Cl. The van der Waals surface area contributed by atoms with Gasteiger partial charge in [-0.05, 0) is 12.1 Å². The molecule has 0 atom stereocenters. The topological polar surface area (TPSA) is 0 Å². The number of hydrogen-bond donors (Lipinski definition) is 0. The van der Waals surface area contributed by atoms with Gasteiger partial charge in [0, 0.05) is 11.1 Å². The molecule has 2 rings (SSSR count). The van der Waals surface area contributed by atoms with Crippen LogP contribution >= 0.6 is 69.6 Å². The molecule has 0 saturated heterocycles. The van der Waals surface area contributed by atoms with Gasteiger partial charge in [-0.25, -0.2) is 0 Å². The summed E-state index contributed by atoms with van der Waals surface area (Å²) in [5.41, 5.74) is 1.12. The molecule has 0 aliphatic rings. The van der Waals surface area contributed by atoms with Crippen molar-refractivity contribution in [3.05, 3.63) is 54.4 Å². The van der Waals surface area contributed by atoms with Crippen molar-refractivity contribution in [2.24, 2.45) is 0 Å². The van der Waals surface area contributed by atoms with E-state index >= 15 is 0 Å². The van der Waals surface area contributed by atoms with Crippen LogP contribution < -0.4 is 0 Å². The van der Waals surface area contributed by atoms with E-state index in [1.807, 2.05) is 0 Å². The third-order valence-electron chi connectivity index (χ3n) is 2.34. The maximum Gasteiger partial charge on any atom is 0.0785 e. The van der Waals surface area contributed by atoms with Crippen LogP contribution in [-0.4, -0.2) is 0 Å². The van der Waals surface area contributed by atoms with Crippen molar-refractivity contribution in [1.82, 2.24) is 0 Å². The van der Waals surface area contributed by atoms with Crippen LogP contribution in [-0.2, 0) is 0 Å². The van der Waals surface area contributed by atoms with E-state index in [1.165, 1.54) is 6.07 Å². The maximum absolute atomic E-state index is 6.16. The van der Waals surface area contributed by atoms with E-state index in [9.17, 15) is 0 Å². The molecule has 0 nitrogen and oxygen atoms in total. The molecule has 0 spiro atoms. The molecule has 0 fully saturated rings. The van der Waals surface area contributed by atoms with Crippen LogP contribution in [0.5, 0.6) is 0 Å². The predicted octanol–water partition coefficient (Wildman–Crippen LogP) is 7.27. The molecule has 0 heterocycles. The van der Waals surface area contributed by atoms with Gasteiger partial charge in [0.1, 0.15) is 0 Å². The molecule has 0 bridgehead atoms. The molecule has 0 aromatic heterocycles. The van der Waals surface area contributed by atoms with Gasteiger partial charge in [-0.2, -0.15) is 0 Å². The van der Waals surface area contributed by atoms with Crippen LogP contribution in [0.1, 0.15) is 0 Å². The summed E-state index contributed by atoms with van der Waals surface area (Å²) in [5.74, 6) is 0. The summed E-state index contributed by atoms with van der Waals surface area (Å²) < 4.78 is 0. The van der Waals surface area contributed by atoms with Gasteiger partial charge in [0.05, 0.1) is 30.1 Å². The van der Waals surface area contributed by atoms with E-state index in [-0.39, 0.29) is 15.1 Å². The Balaban J connectivity index is 2.80. The fourth-order valence-corrected chi connectivity index (χ4v) is 3.02. The number of rotatable bonds is 1. The zero-order chi connectivity index (χ0) is 13.4. The Morgan fingerprint density at radius 3 is 1.94 bits per heavy atom. The van der Waals surface area contributed by atoms with Crippen LogP contribution in [0, 0.1) is 0 Å². The van der Waals surface area contributed by atoms with Gasteiger partial charge in [0.2, 0.25) is 0 Å². The van der Waals surface area contributed by atoms with Crippen LogP contribution in [0.3, 0.4) is 0 Å². The minimum Gasteiger partial charge on any atom is -0.0835 e. The van der Waals surface area contributed by atoms with Crippen LogP contribution in [0.15, 0.2) is 24.3 Å². The molecule has 6 heteroatoms. The lowest BCUT2D eigenvalue weighted by molar-refractivity contribution is 1.61. The molecule has 0 amide bonds. The van der Waals surface area contributed by atoms with E-state index in [0.717, 1.165) is 0 Å². The highest BCUT2D eigenvalue weighted by atomic mass is 35.5. The highest BCUT2D eigenvalue weighted by Crippen LogP contribution is 2.46. The summed E-state index contributed by atoms with van der Waals surface area (Å²) in [7, 11) is 0. The average molecular weight is 361 g/mol. The molecule has 0 aliphatic heterocycles. The van der Waals surface area contributed by atoms with Gasteiger partial charge in [-0.3, -0.25) is 0 Å². The molecule has 94 valence electrons. The molecular weight excluding hydrogens is 357 g/mol. The van der Waals surface area contributed by atoms with Gasteiger partial charge < -0.3 is 0 Å². The summed E-state index contributed by atoms with van der Waals surface area (Å²) in [5, 5.41) is 1.90. The highest BCUT2D eigenvalue weighted by Gasteiger charge is 2.18. The first-order valence-corrected chi connectivity index (χ1v) is 6.97. The van der Waals surface area contributed by atoms with Crippen molar-refractivity contribution in [2.75, 3.05) is 0 Å². The first-order chi connectivity index (χ1) is 8.43. The second-order valence-corrected chi connectivity index (χ2v) is 5.80. The summed E-state index contributed by atoms with van der Waals surface area (Å²) in [6, 6.07) is 6.70. The second kappa shape index (κ2) is 5.66. The minimum absolute atomic E-state index is 0.230. The highest BCUT2D eigenvalue weighted by molar-refractivity contribution is 6.52. The van der Waals surface area contributed by atoms with Crippen molar-refractivity contribution in [3.63, 3.8) is 0 Å². The fraction of sp³-hybridized carbons (Fsp3) is 0. The van der Waals surface area contributed by atoms with Crippen LogP contribution in [0.4, 0.5) is 0 Å². The van der Waals surface area contributed by atoms with Crippen molar-refractivity contribution in [3.8, 4) is 11.1 Å². The smallest absolute Gasteiger partial charge is 0.0785 e. The summed E-state index contributed by atoms with van der Waals surface area (Å²) in [4.78, 5) is 0. The third kappa shape index (κ3) is 2.56. The fourth-order valence-electron chi connectivity index (χ4n) is 1.51. The van der Waals surface area contributed by atoms with E-state index in [2.05, 4.69) is 0 Å². The zero-order valence-corrected chi connectivity index (χ0v) is 13.1. The number of halogens is 6. The molecule has 0 saturated carbocycles. The summed E-state index contributed by atoms with van der Waals surface area (Å²) >= 11 is 36.3. The first-order valence-electron chi connectivity index (χ1n) is 4.71. The van der Waals surface area contributed by atoms with Gasteiger partial charge in [-0.1, -0.05) is 81.7 Å². The van der Waals surface area contributed by atoms with Crippen LogP contribution in [0.25, 0.3) is 11.1 Å². The lowest BCUT2D eigenvalue weighted by Crippen LogP contribution is -1.86. The molecule has 2 aromatic rings. The van der Waals surface area contributed by atoms with Gasteiger partial charge >= 0.3 is 0 Å². The second-order valence-electron chi connectivity index (χ2n) is 3.44. The Morgan fingerprint density at radius 1 is 0.611 bits per heavy atom. The van der Waals surface area contributed by atoms with E-state index in [0.29, 0.717) is 26.2 Å². The quantitative estimate of drug-likeness (QED) is 0.370. The Kier molecular flexibility index (Phi) is 4.59. The van der Waals surface area contributed by atoms with Crippen molar-refractivity contribution >= 4 is 69.6 Å². The van der Waals surface area contributed by atoms with Crippen molar-refractivity contribution in [1.29, 1.82) is 0 Å². The summed E-state index contributed by atoms with van der Waals surface area (Å²) in [6.07, 6.45) is 0. The molecule has 0 aliphatic carbocycles. The standard InChI is InChI=1S/C12H4Cl6/c13-6-3-1-2-5(10(6)16)9-7(14)4-8(15)11(17)12(9)18/h1-4H. The first kappa shape index (κ1) is 14.6. The Morgan fingerprint density at radius 2 is 1.28 bits per heavy atom. The van der Waals surface area contributed by atoms with E-state index < -0.39 is 0 Å². The minimum atomic E-state index is 0.230. The van der Waals surface area contributed by atoms with E-state index in [4.69, 9.17) is 69.6 Å². The molecule has 18 heavy (non-hydrogen) atoms. The molecule has 0 N–H and O–H groups in total.